The van der Waals surface area contributed by atoms with E-state index in [4.69, 9.17) is 10.5 Å². The van der Waals surface area contributed by atoms with Gasteiger partial charge in [-0.3, -0.25) is 4.79 Å². The van der Waals surface area contributed by atoms with Gasteiger partial charge >= 0.3 is 6.09 Å². The van der Waals surface area contributed by atoms with E-state index in [2.05, 4.69) is 42.8 Å². The van der Waals surface area contributed by atoms with Gasteiger partial charge in [-0.15, -0.1) is 0 Å². The minimum Gasteiger partial charge on any atom is -0.445 e. The Balaban J connectivity index is 1.35. The Kier molecular flexibility index (Phi) is 5.98. The number of alkyl carbamates (subject to hydrolysis) is 1. The maximum absolute atomic E-state index is 14.8. The van der Waals surface area contributed by atoms with Crippen LogP contribution in [0.1, 0.15) is 18.4 Å². The molecule has 196 valence electrons. The SMILES string of the molecule is CN1CCN(c2ccc3cc2COC(=O)N[C@@H]2C[C@H]4C[C@H]2[C@@H](Nc2nc(ncc2F)N3)[C@H]4C(N)=O)CC1. The van der Waals surface area contributed by atoms with E-state index in [1.807, 2.05) is 18.2 Å². The molecule has 2 saturated carbocycles. The van der Waals surface area contributed by atoms with Crippen LogP contribution in [0.15, 0.2) is 24.4 Å². The molecular formula is C25H31FN8O3. The molecule has 0 spiro atoms. The number of halogens is 1. The van der Waals surface area contributed by atoms with Crippen LogP contribution in [0.3, 0.4) is 0 Å². The number of cyclic esters (lactones) is 1. The highest BCUT2D eigenvalue weighted by molar-refractivity contribution is 5.79. The number of hydrogen-bond acceptors (Lipinski definition) is 9. The summed E-state index contributed by atoms with van der Waals surface area (Å²) in [5.41, 5.74) is 8.26. The molecule has 12 heteroatoms. The van der Waals surface area contributed by atoms with Crippen molar-refractivity contribution in [1.29, 1.82) is 0 Å². The van der Waals surface area contributed by atoms with Crippen molar-refractivity contribution in [2.45, 2.75) is 31.5 Å². The molecule has 5 atom stereocenters. The Morgan fingerprint density at radius 1 is 1.19 bits per heavy atom. The summed E-state index contributed by atoms with van der Waals surface area (Å²) in [5.74, 6) is -1.48. The van der Waals surface area contributed by atoms with Gasteiger partial charge in [0.25, 0.3) is 0 Å². The van der Waals surface area contributed by atoms with E-state index in [1.54, 1.807) is 0 Å². The molecule has 2 aliphatic heterocycles. The number of primary amides is 1. The van der Waals surface area contributed by atoms with Gasteiger partial charge in [-0.05, 0) is 44.0 Å². The first-order valence-corrected chi connectivity index (χ1v) is 12.7. The first-order valence-electron chi connectivity index (χ1n) is 12.7. The van der Waals surface area contributed by atoms with Crippen LogP contribution in [0.5, 0.6) is 0 Å². The van der Waals surface area contributed by atoms with Gasteiger partial charge < -0.3 is 36.2 Å². The summed E-state index contributed by atoms with van der Waals surface area (Å²) >= 11 is 0. The fourth-order valence-electron chi connectivity index (χ4n) is 6.42. The Bertz CT molecular complexity index is 1220. The largest absolute Gasteiger partial charge is 0.445 e. The fraction of sp³-hybridized carbons (Fsp3) is 0.520. The van der Waals surface area contributed by atoms with E-state index >= 15 is 0 Å². The lowest BCUT2D eigenvalue weighted by Gasteiger charge is -2.35. The number of ether oxygens (including phenoxy) is 1. The second kappa shape index (κ2) is 9.33. The third-order valence-corrected chi connectivity index (χ3v) is 8.22. The Morgan fingerprint density at radius 3 is 2.78 bits per heavy atom. The molecule has 3 fully saturated rings. The number of piperazine rings is 1. The molecule has 2 aliphatic carbocycles. The van der Waals surface area contributed by atoms with Crippen LogP contribution in [0.2, 0.25) is 0 Å². The van der Waals surface area contributed by atoms with Gasteiger partial charge in [0.15, 0.2) is 11.6 Å². The average Bonchev–Trinajstić information content (AvgIpc) is 3.43. The summed E-state index contributed by atoms with van der Waals surface area (Å²) in [5, 5.41) is 9.24. The van der Waals surface area contributed by atoms with Crippen molar-refractivity contribution in [1.82, 2.24) is 20.2 Å². The van der Waals surface area contributed by atoms with Crippen LogP contribution in [0.25, 0.3) is 0 Å². The van der Waals surface area contributed by atoms with E-state index in [9.17, 15) is 14.0 Å². The molecule has 3 heterocycles. The standard InChI is InChI=1S/C25H31FN8O3/c1-33-4-6-34(7-5-33)19-3-2-15-8-14(19)12-37-25(36)30-18-10-13-9-16(18)21(20(13)22(27)35)31-23-17(26)11-28-24(29-15)32-23/h2-3,8,11,13,16,18,20-21H,4-7,9-10,12H2,1H3,(H2,27,35)(H,30,36)(H2,28,29,31,32)/t13-,16-,18-,20+,21-/m1/s1. The number of nitrogens with one attached hydrogen (secondary N) is 3. The average molecular weight is 511 g/mol. The lowest BCUT2D eigenvalue weighted by atomic mass is 9.81. The lowest BCUT2D eigenvalue weighted by molar-refractivity contribution is -0.123. The minimum absolute atomic E-state index is 0.00761. The van der Waals surface area contributed by atoms with Crippen LogP contribution in [0, 0.1) is 23.6 Å². The van der Waals surface area contributed by atoms with Crippen LogP contribution in [-0.2, 0) is 16.1 Å². The fourth-order valence-corrected chi connectivity index (χ4v) is 6.42. The molecule has 1 aromatic carbocycles. The first kappa shape index (κ1) is 23.7. The van der Waals surface area contributed by atoms with Gasteiger partial charge in [0, 0.05) is 61.1 Å². The van der Waals surface area contributed by atoms with Gasteiger partial charge in [-0.25, -0.2) is 14.2 Å². The van der Waals surface area contributed by atoms with Gasteiger partial charge in [0.2, 0.25) is 11.9 Å². The molecule has 37 heavy (non-hydrogen) atoms. The number of amides is 2. The number of nitrogens with zero attached hydrogens (tertiary/aromatic N) is 4. The predicted octanol–water partition coefficient (Wildman–Crippen LogP) is 1.64. The van der Waals surface area contributed by atoms with Crippen molar-refractivity contribution in [2.24, 2.45) is 23.5 Å². The molecule has 1 saturated heterocycles. The molecule has 2 aromatic rings. The molecule has 1 aromatic heterocycles. The van der Waals surface area contributed by atoms with E-state index in [1.165, 1.54) is 0 Å². The number of carbonyl (C=O) groups is 2. The second-order valence-corrected chi connectivity index (χ2v) is 10.5. The monoisotopic (exact) mass is 510 g/mol. The number of nitrogens with two attached hydrogens (primary N) is 1. The third-order valence-electron chi connectivity index (χ3n) is 8.22. The maximum atomic E-state index is 14.8. The highest BCUT2D eigenvalue weighted by Crippen LogP contribution is 2.49. The van der Waals surface area contributed by atoms with Crippen molar-refractivity contribution in [3.05, 3.63) is 35.8 Å². The van der Waals surface area contributed by atoms with E-state index in [-0.39, 0.29) is 36.3 Å². The molecule has 0 radical (unpaired) electrons. The number of fused-ring (bicyclic) bond motifs is 5. The Morgan fingerprint density at radius 2 is 2.00 bits per heavy atom. The Hall–Kier alpha value is -3.67. The number of rotatable bonds is 2. The van der Waals surface area contributed by atoms with Crippen molar-refractivity contribution < 1.29 is 18.7 Å². The van der Waals surface area contributed by atoms with Crippen LogP contribution >= 0.6 is 0 Å². The highest BCUT2D eigenvalue weighted by atomic mass is 19.1. The molecular weight excluding hydrogens is 479 g/mol. The van der Waals surface area contributed by atoms with Gasteiger partial charge in [0.1, 0.15) is 6.61 Å². The molecule has 6 bridgehead atoms. The summed E-state index contributed by atoms with van der Waals surface area (Å²) in [7, 11) is 2.10. The number of hydrogen-bond donors (Lipinski definition) is 4. The molecule has 6 rings (SSSR count). The minimum atomic E-state index is -0.629. The topological polar surface area (TPSA) is 138 Å². The summed E-state index contributed by atoms with van der Waals surface area (Å²) < 4.78 is 20.5. The molecule has 5 N–H and O–H groups in total. The first-order chi connectivity index (χ1) is 17.9. The zero-order valence-corrected chi connectivity index (χ0v) is 20.6. The van der Waals surface area contributed by atoms with Crippen molar-refractivity contribution >= 4 is 35.1 Å². The number of anilines is 4. The van der Waals surface area contributed by atoms with Crippen LogP contribution in [-0.4, -0.2) is 72.2 Å². The van der Waals surface area contributed by atoms with E-state index < -0.39 is 29.8 Å². The predicted molar refractivity (Wildman–Crippen MR) is 135 cm³/mol. The number of aromatic nitrogens is 2. The lowest BCUT2D eigenvalue weighted by Crippen LogP contribution is -2.51. The molecule has 11 nitrogen and oxygen atoms in total. The molecule has 0 unspecified atom stereocenters. The quantitative estimate of drug-likeness (QED) is 0.475. The smallest absolute Gasteiger partial charge is 0.407 e. The van der Waals surface area contributed by atoms with Crippen molar-refractivity contribution in [3.63, 3.8) is 0 Å². The Labute approximate surface area is 213 Å². The van der Waals surface area contributed by atoms with Crippen molar-refractivity contribution in [3.8, 4) is 0 Å². The number of likely N-dealkylation sites (N-methyl/N-ethyl adjacent to an activating group) is 1. The molecule has 2 amide bonds. The van der Waals surface area contributed by atoms with Gasteiger partial charge in [-0.1, -0.05) is 0 Å². The van der Waals surface area contributed by atoms with Gasteiger partial charge in [0.05, 0.1) is 12.1 Å². The summed E-state index contributed by atoms with van der Waals surface area (Å²) in [6.07, 6.45) is 1.90. The maximum Gasteiger partial charge on any atom is 0.407 e. The summed E-state index contributed by atoms with van der Waals surface area (Å²) in [6.45, 7) is 3.71. The zero-order valence-electron chi connectivity index (χ0n) is 20.6. The van der Waals surface area contributed by atoms with Crippen molar-refractivity contribution in [2.75, 3.05) is 48.8 Å². The number of benzene rings is 1. The summed E-state index contributed by atoms with van der Waals surface area (Å²) in [4.78, 5) is 38.2. The number of carbonyl (C=O) groups excluding carboxylic acids is 2. The van der Waals surface area contributed by atoms with Gasteiger partial charge in [-0.2, -0.15) is 4.98 Å². The molecule has 4 aliphatic rings. The second-order valence-electron chi connectivity index (χ2n) is 10.5. The van der Waals surface area contributed by atoms with E-state index in [0.717, 1.165) is 43.6 Å². The summed E-state index contributed by atoms with van der Waals surface area (Å²) in [6, 6.07) is 5.11. The normalized spacial score (nSPS) is 29.3. The highest BCUT2D eigenvalue weighted by Gasteiger charge is 2.55. The zero-order chi connectivity index (χ0) is 25.7. The van der Waals surface area contributed by atoms with E-state index in [0.29, 0.717) is 18.5 Å². The van der Waals surface area contributed by atoms with Crippen LogP contribution in [0.4, 0.5) is 32.3 Å². The van der Waals surface area contributed by atoms with Crippen LogP contribution < -0.4 is 26.6 Å². The third kappa shape index (κ3) is 4.50.